The molecule has 1 amide bonds. The SMILES string of the molecule is O=C(O)CN(CC(=O)O)C(CCCCCNC(=O)COCCS)C(=O)O. The molecule has 4 N–H and O–H groups in total. The Morgan fingerprint density at radius 3 is 2.12 bits per heavy atom. The van der Waals surface area contributed by atoms with Gasteiger partial charge in [-0.25, -0.2) is 0 Å². The average Bonchev–Trinajstić information content (AvgIpc) is 2.52. The van der Waals surface area contributed by atoms with Crippen LogP contribution < -0.4 is 5.32 Å². The van der Waals surface area contributed by atoms with Gasteiger partial charge in [0.1, 0.15) is 12.6 Å². The summed E-state index contributed by atoms with van der Waals surface area (Å²) in [5, 5.41) is 29.5. The fourth-order valence-electron chi connectivity index (χ4n) is 2.23. The van der Waals surface area contributed by atoms with Crippen molar-refractivity contribution in [3.8, 4) is 0 Å². The molecule has 26 heavy (non-hydrogen) atoms. The van der Waals surface area contributed by atoms with E-state index in [1.54, 1.807) is 0 Å². The van der Waals surface area contributed by atoms with Gasteiger partial charge < -0.3 is 25.4 Å². The van der Waals surface area contributed by atoms with Crippen LogP contribution in [0.5, 0.6) is 0 Å². The Kier molecular flexibility index (Phi) is 13.3. The third kappa shape index (κ3) is 12.5. The van der Waals surface area contributed by atoms with E-state index < -0.39 is 37.0 Å². The second-order valence-corrected chi connectivity index (χ2v) is 5.97. The maximum Gasteiger partial charge on any atom is 0.320 e. The Balaban J connectivity index is 4.19. The second-order valence-electron chi connectivity index (χ2n) is 5.52. The summed E-state index contributed by atoms with van der Waals surface area (Å²) in [6.07, 6.45) is 1.80. The summed E-state index contributed by atoms with van der Waals surface area (Å²) in [5.74, 6) is -3.56. The minimum atomic E-state index is -1.29. The Bertz CT molecular complexity index is 459. The van der Waals surface area contributed by atoms with Gasteiger partial charge in [0.2, 0.25) is 5.91 Å². The van der Waals surface area contributed by atoms with E-state index >= 15 is 0 Å². The highest BCUT2D eigenvalue weighted by molar-refractivity contribution is 7.80. The van der Waals surface area contributed by atoms with Crippen LogP contribution in [0.25, 0.3) is 0 Å². The van der Waals surface area contributed by atoms with E-state index in [0.717, 1.165) is 4.90 Å². The molecule has 0 rings (SSSR count). The van der Waals surface area contributed by atoms with Gasteiger partial charge in [0.25, 0.3) is 0 Å². The van der Waals surface area contributed by atoms with Crippen LogP contribution in [0.2, 0.25) is 0 Å². The van der Waals surface area contributed by atoms with Gasteiger partial charge >= 0.3 is 17.9 Å². The van der Waals surface area contributed by atoms with Gasteiger partial charge in [0.15, 0.2) is 0 Å². The lowest BCUT2D eigenvalue weighted by Crippen LogP contribution is -2.46. The molecule has 0 heterocycles. The third-order valence-electron chi connectivity index (χ3n) is 3.35. The van der Waals surface area contributed by atoms with Crippen molar-refractivity contribution in [1.29, 1.82) is 0 Å². The first-order chi connectivity index (χ1) is 12.3. The van der Waals surface area contributed by atoms with Crippen LogP contribution in [0.4, 0.5) is 0 Å². The number of amides is 1. The molecule has 0 saturated carbocycles. The number of unbranched alkanes of at least 4 members (excludes halogenated alkanes) is 2. The fourth-order valence-corrected chi connectivity index (χ4v) is 2.36. The summed E-state index contributed by atoms with van der Waals surface area (Å²) in [5.41, 5.74) is 0. The van der Waals surface area contributed by atoms with Crippen molar-refractivity contribution < 1.29 is 39.2 Å². The van der Waals surface area contributed by atoms with Crippen molar-refractivity contribution in [2.24, 2.45) is 0 Å². The highest BCUT2D eigenvalue weighted by Crippen LogP contribution is 2.11. The van der Waals surface area contributed by atoms with Gasteiger partial charge in [-0.3, -0.25) is 24.1 Å². The van der Waals surface area contributed by atoms with Crippen LogP contribution in [0.1, 0.15) is 25.7 Å². The molecule has 150 valence electrons. The largest absolute Gasteiger partial charge is 0.480 e. The van der Waals surface area contributed by atoms with Crippen molar-refractivity contribution in [2.45, 2.75) is 31.7 Å². The number of hydrogen-bond donors (Lipinski definition) is 5. The molecule has 0 aliphatic rings. The molecule has 0 aromatic carbocycles. The van der Waals surface area contributed by atoms with E-state index in [9.17, 15) is 24.3 Å². The number of carboxylic acids is 3. The van der Waals surface area contributed by atoms with E-state index in [0.29, 0.717) is 38.2 Å². The zero-order valence-electron chi connectivity index (χ0n) is 14.4. The number of aliphatic carboxylic acids is 3. The fraction of sp³-hybridized carbons (Fsp3) is 0.733. The molecule has 0 spiro atoms. The van der Waals surface area contributed by atoms with Crippen molar-refractivity contribution in [1.82, 2.24) is 10.2 Å². The average molecular weight is 394 g/mol. The van der Waals surface area contributed by atoms with E-state index in [2.05, 4.69) is 17.9 Å². The van der Waals surface area contributed by atoms with Crippen LogP contribution in [0.15, 0.2) is 0 Å². The van der Waals surface area contributed by atoms with E-state index in [-0.39, 0.29) is 18.9 Å². The highest BCUT2D eigenvalue weighted by Gasteiger charge is 2.28. The lowest BCUT2D eigenvalue weighted by Gasteiger charge is -2.25. The Morgan fingerprint density at radius 2 is 1.62 bits per heavy atom. The normalized spacial score (nSPS) is 11.9. The van der Waals surface area contributed by atoms with Gasteiger partial charge in [0, 0.05) is 12.3 Å². The molecule has 1 unspecified atom stereocenters. The van der Waals surface area contributed by atoms with E-state index in [1.807, 2.05) is 0 Å². The first-order valence-corrected chi connectivity index (χ1v) is 8.77. The van der Waals surface area contributed by atoms with Gasteiger partial charge in [0.05, 0.1) is 19.7 Å². The van der Waals surface area contributed by atoms with Crippen molar-refractivity contribution in [3.63, 3.8) is 0 Å². The lowest BCUT2D eigenvalue weighted by atomic mass is 10.1. The van der Waals surface area contributed by atoms with Crippen LogP contribution in [-0.2, 0) is 23.9 Å². The quantitative estimate of drug-likeness (QED) is 0.173. The van der Waals surface area contributed by atoms with Crippen molar-refractivity contribution in [3.05, 3.63) is 0 Å². The number of carboxylic acid groups (broad SMARTS) is 3. The predicted molar refractivity (Wildman–Crippen MR) is 94.4 cm³/mol. The second kappa shape index (κ2) is 14.3. The minimum Gasteiger partial charge on any atom is -0.480 e. The molecule has 0 aliphatic carbocycles. The summed E-state index contributed by atoms with van der Waals surface area (Å²) in [6, 6.07) is -1.19. The van der Waals surface area contributed by atoms with E-state index in [1.165, 1.54) is 0 Å². The van der Waals surface area contributed by atoms with Gasteiger partial charge in [-0.2, -0.15) is 12.6 Å². The first-order valence-electron chi connectivity index (χ1n) is 8.13. The number of rotatable bonds is 16. The Labute approximate surface area is 156 Å². The summed E-state index contributed by atoms with van der Waals surface area (Å²) in [7, 11) is 0. The molecule has 10 nitrogen and oxygen atoms in total. The third-order valence-corrected chi connectivity index (χ3v) is 3.53. The first kappa shape index (κ1) is 24.1. The number of nitrogens with zero attached hydrogens (tertiary/aromatic N) is 1. The summed E-state index contributed by atoms with van der Waals surface area (Å²) in [4.78, 5) is 45.2. The Hall–Kier alpha value is -1.85. The van der Waals surface area contributed by atoms with Crippen LogP contribution in [-0.4, -0.2) is 88.7 Å². The molecule has 0 bridgehead atoms. The summed E-state index contributed by atoms with van der Waals surface area (Å²) >= 11 is 3.95. The molecule has 0 aromatic rings. The topological polar surface area (TPSA) is 153 Å². The molecule has 0 fully saturated rings. The summed E-state index contributed by atoms with van der Waals surface area (Å²) < 4.78 is 5.02. The smallest absolute Gasteiger partial charge is 0.320 e. The van der Waals surface area contributed by atoms with Crippen LogP contribution in [0.3, 0.4) is 0 Å². The number of nitrogens with one attached hydrogen (secondary N) is 1. The molecule has 0 radical (unpaired) electrons. The lowest BCUT2D eigenvalue weighted by molar-refractivity contribution is -0.149. The molecule has 1 atom stereocenters. The highest BCUT2D eigenvalue weighted by atomic mass is 32.1. The van der Waals surface area contributed by atoms with E-state index in [4.69, 9.17) is 14.9 Å². The zero-order valence-corrected chi connectivity index (χ0v) is 15.3. The van der Waals surface area contributed by atoms with Crippen molar-refractivity contribution >= 4 is 36.4 Å². The minimum absolute atomic E-state index is 0.0407. The zero-order chi connectivity index (χ0) is 19.9. The number of carbonyl (C=O) groups is 4. The van der Waals surface area contributed by atoms with Crippen LogP contribution >= 0.6 is 12.6 Å². The molecule has 11 heteroatoms. The standard InChI is InChI=1S/C15H26N2O8S/c18-12(10-25-6-7-26)16-5-3-1-2-4-11(15(23)24)17(8-13(19)20)9-14(21)22/h11,26H,1-10H2,(H,16,18)(H,19,20)(H,21,22)(H,23,24). The van der Waals surface area contributed by atoms with Gasteiger partial charge in [-0.15, -0.1) is 0 Å². The summed E-state index contributed by atoms with van der Waals surface area (Å²) in [6.45, 7) is -0.566. The predicted octanol–water partition coefficient (Wildman–Crippen LogP) is -0.466. The maximum absolute atomic E-state index is 11.4. The monoisotopic (exact) mass is 394 g/mol. The molecule has 0 saturated heterocycles. The molecular formula is C15H26N2O8S. The molecule has 0 aliphatic heterocycles. The Morgan fingerprint density at radius 1 is 1.00 bits per heavy atom. The number of hydrogen-bond acceptors (Lipinski definition) is 7. The number of thiol groups is 1. The molecular weight excluding hydrogens is 368 g/mol. The number of ether oxygens (including phenoxy) is 1. The molecule has 0 aromatic heterocycles. The van der Waals surface area contributed by atoms with Gasteiger partial charge in [-0.1, -0.05) is 12.8 Å². The van der Waals surface area contributed by atoms with Crippen molar-refractivity contribution in [2.75, 3.05) is 38.6 Å². The number of carbonyl (C=O) groups excluding carboxylic acids is 1. The van der Waals surface area contributed by atoms with Gasteiger partial charge in [-0.05, 0) is 12.8 Å². The maximum atomic E-state index is 11.4. The van der Waals surface area contributed by atoms with Crippen LogP contribution in [0, 0.1) is 0 Å².